The van der Waals surface area contributed by atoms with Gasteiger partial charge in [-0.3, -0.25) is 9.69 Å². The second-order valence-electron chi connectivity index (χ2n) is 9.17. The zero-order valence-corrected chi connectivity index (χ0v) is 19.7. The van der Waals surface area contributed by atoms with Crippen molar-refractivity contribution in [1.82, 2.24) is 29.4 Å². The number of imidazole rings is 1. The lowest BCUT2D eigenvalue weighted by Crippen LogP contribution is -2.40. The number of nitrogens with one attached hydrogen (secondary N) is 1. The van der Waals surface area contributed by atoms with E-state index in [1.165, 1.54) is 11.3 Å². The summed E-state index contributed by atoms with van der Waals surface area (Å²) in [5, 5.41) is 13.2. The molecule has 4 N–H and O–H groups in total. The van der Waals surface area contributed by atoms with Gasteiger partial charge in [0.1, 0.15) is 5.52 Å². The number of halogens is 1. The molecule has 0 aromatic carbocycles. The molecule has 1 saturated carbocycles. The SMILES string of the molecule is Nc1nc(Cl)nc2c1ncn2[C@H]1CC[C@@H](C(=O)Nc2nc3c(s2)[C@H]2CC[C@@H](C3)N2C(=O)O)CC1. The van der Waals surface area contributed by atoms with E-state index in [1.807, 2.05) is 4.57 Å². The predicted molar refractivity (Wildman–Crippen MR) is 126 cm³/mol. The molecule has 2 aliphatic heterocycles. The van der Waals surface area contributed by atoms with E-state index in [2.05, 4.69) is 25.3 Å². The van der Waals surface area contributed by atoms with Crippen LogP contribution >= 0.6 is 22.9 Å². The summed E-state index contributed by atoms with van der Waals surface area (Å²) in [6, 6.07) is 0.0102. The number of carboxylic acid groups (broad SMARTS) is 1. The van der Waals surface area contributed by atoms with Crippen molar-refractivity contribution in [2.45, 2.75) is 63.1 Å². The van der Waals surface area contributed by atoms with Gasteiger partial charge in [0.2, 0.25) is 11.2 Å². The van der Waals surface area contributed by atoms with Gasteiger partial charge in [-0.2, -0.15) is 9.97 Å². The van der Waals surface area contributed by atoms with E-state index in [4.69, 9.17) is 17.3 Å². The molecule has 34 heavy (non-hydrogen) atoms. The second-order valence-corrected chi connectivity index (χ2v) is 10.5. The van der Waals surface area contributed by atoms with Gasteiger partial charge in [-0.15, -0.1) is 0 Å². The van der Waals surface area contributed by atoms with Crippen LogP contribution in [0.4, 0.5) is 15.7 Å². The number of fused-ring (bicyclic) bond motifs is 5. The zero-order chi connectivity index (χ0) is 23.6. The summed E-state index contributed by atoms with van der Waals surface area (Å²) in [4.78, 5) is 44.4. The molecule has 2 atom stereocenters. The van der Waals surface area contributed by atoms with Crippen molar-refractivity contribution in [3.8, 4) is 0 Å². The highest BCUT2D eigenvalue weighted by atomic mass is 35.5. The molecule has 2 fully saturated rings. The highest BCUT2D eigenvalue weighted by molar-refractivity contribution is 7.16. The summed E-state index contributed by atoms with van der Waals surface area (Å²) >= 11 is 7.39. The Hall–Kier alpha value is -2.99. The van der Waals surface area contributed by atoms with E-state index >= 15 is 0 Å². The number of nitrogen functional groups attached to an aromatic ring is 1. The molecule has 1 saturated heterocycles. The molecule has 11 nitrogen and oxygen atoms in total. The van der Waals surface area contributed by atoms with Gasteiger partial charge >= 0.3 is 6.09 Å². The molecule has 6 rings (SSSR count). The number of hydrogen-bond donors (Lipinski definition) is 3. The maximum Gasteiger partial charge on any atom is 0.408 e. The van der Waals surface area contributed by atoms with Crippen molar-refractivity contribution < 1.29 is 14.7 Å². The minimum absolute atomic E-state index is 0.00862. The molecule has 0 spiro atoms. The van der Waals surface area contributed by atoms with Crippen molar-refractivity contribution in [1.29, 1.82) is 0 Å². The molecular weight excluding hydrogens is 480 g/mol. The third-order valence-electron chi connectivity index (χ3n) is 7.29. The smallest absolute Gasteiger partial charge is 0.408 e. The van der Waals surface area contributed by atoms with Crippen molar-refractivity contribution in [2.75, 3.05) is 11.1 Å². The van der Waals surface area contributed by atoms with Crippen LogP contribution in [0.2, 0.25) is 5.28 Å². The van der Waals surface area contributed by atoms with Crippen LogP contribution < -0.4 is 11.1 Å². The Balaban J connectivity index is 1.12. The van der Waals surface area contributed by atoms with Crippen LogP contribution in [0.25, 0.3) is 11.2 Å². The molecule has 0 unspecified atom stereocenters. The lowest BCUT2D eigenvalue weighted by atomic mass is 9.85. The predicted octanol–water partition coefficient (Wildman–Crippen LogP) is 3.63. The molecule has 5 heterocycles. The van der Waals surface area contributed by atoms with E-state index < -0.39 is 6.09 Å². The van der Waals surface area contributed by atoms with Crippen LogP contribution in [0, 0.1) is 5.92 Å². The van der Waals surface area contributed by atoms with Gasteiger partial charge in [0.05, 0.1) is 22.9 Å². The fourth-order valence-electron chi connectivity index (χ4n) is 5.68. The molecule has 13 heteroatoms. The van der Waals surface area contributed by atoms with Crippen LogP contribution in [0.5, 0.6) is 0 Å². The molecule has 3 aromatic heterocycles. The molecular formula is C21H23ClN8O3S. The number of rotatable bonds is 3. The van der Waals surface area contributed by atoms with Gasteiger partial charge in [0, 0.05) is 24.4 Å². The molecule has 2 bridgehead atoms. The normalized spacial score (nSPS) is 26.0. The fraction of sp³-hybridized carbons (Fsp3) is 0.524. The summed E-state index contributed by atoms with van der Waals surface area (Å²) in [6.07, 6.45) is 6.19. The largest absolute Gasteiger partial charge is 0.465 e. The van der Waals surface area contributed by atoms with Crippen LogP contribution in [0.1, 0.15) is 61.2 Å². The standard InChI is InChI=1S/C21H23ClN8O3S/c22-19-26-16(23)14-17(27-19)29(8-24-14)10-3-1-9(2-4-10)18(31)28-20-25-12-7-11-5-6-13(15(12)34-20)30(11)21(32)33/h8-11,13H,1-7H2,(H,32,33)(H2,23,26,27)(H,25,28,31)/t9-,10+,11-,13+/m0/s1. The number of nitrogens with zero attached hydrogens (tertiary/aromatic N) is 6. The van der Waals surface area contributed by atoms with Gasteiger partial charge < -0.3 is 20.7 Å². The minimum atomic E-state index is -0.879. The Kier molecular flexibility index (Phi) is 5.10. The van der Waals surface area contributed by atoms with Crippen molar-refractivity contribution >= 4 is 57.1 Å². The van der Waals surface area contributed by atoms with E-state index in [-0.39, 0.29) is 41.1 Å². The number of thiazole rings is 1. The number of carbonyl (C=O) groups excluding carboxylic acids is 1. The molecule has 3 aromatic rings. The van der Waals surface area contributed by atoms with E-state index in [1.54, 1.807) is 11.2 Å². The number of amides is 2. The van der Waals surface area contributed by atoms with Gasteiger partial charge in [-0.25, -0.2) is 14.8 Å². The zero-order valence-electron chi connectivity index (χ0n) is 18.1. The highest BCUT2D eigenvalue weighted by Crippen LogP contribution is 2.47. The number of hydrogen-bond acceptors (Lipinski definition) is 8. The van der Waals surface area contributed by atoms with E-state index in [9.17, 15) is 14.7 Å². The van der Waals surface area contributed by atoms with Crippen molar-refractivity contribution in [3.63, 3.8) is 0 Å². The Morgan fingerprint density at radius 1 is 1.12 bits per heavy atom. The van der Waals surface area contributed by atoms with Crippen LogP contribution in [-0.2, 0) is 11.2 Å². The maximum absolute atomic E-state index is 13.0. The lowest BCUT2D eigenvalue weighted by Gasteiger charge is -2.31. The molecule has 178 valence electrons. The van der Waals surface area contributed by atoms with Crippen molar-refractivity contribution in [3.05, 3.63) is 22.2 Å². The third kappa shape index (κ3) is 3.47. The monoisotopic (exact) mass is 502 g/mol. The summed E-state index contributed by atoms with van der Waals surface area (Å²) in [7, 11) is 0. The highest BCUT2D eigenvalue weighted by Gasteiger charge is 2.44. The average molecular weight is 503 g/mol. The molecule has 3 aliphatic rings. The number of nitrogens with two attached hydrogens (primary N) is 1. The number of carbonyl (C=O) groups is 2. The first-order chi connectivity index (χ1) is 16.4. The van der Waals surface area contributed by atoms with Gasteiger partial charge in [0.25, 0.3) is 0 Å². The maximum atomic E-state index is 13.0. The van der Waals surface area contributed by atoms with E-state index in [0.717, 1.165) is 49.1 Å². The van der Waals surface area contributed by atoms with Crippen LogP contribution in [-0.4, -0.2) is 52.6 Å². The van der Waals surface area contributed by atoms with Crippen LogP contribution in [0.15, 0.2) is 6.33 Å². The Morgan fingerprint density at radius 2 is 1.88 bits per heavy atom. The van der Waals surface area contributed by atoms with Crippen molar-refractivity contribution in [2.24, 2.45) is 5.92 Å². The first kappa shape index (κ1) is 21.5. The Morgan fingerprint density at radius 3 is 2.65 bits per heavy atom. The molecule has 1 aliphatic carbocycles. The summed E-state index contributed by atoms with van der Waals surface area (Å²) in [6.45, 7) is 0. The van der Waals surface area contributed by atoms with Gasteiger partial charge in [-0.05, 0) is 50.1 Å². The fourth-order valence-corrected chi connectivity index (χ4v) is 6.98. The van der Waals surface area contributed by atoms with Crippen LogP contribution in [0.3, 0.4) is 0 Å². The number of anilines is 2. The third-order valence-corrected chi connectivity index (χ3v) is 8.58. The van der Waals surface area contributed by atoms with Gasteiger partial charge in [-0.1, -0.05) is 11.3 Å². The topological polar surface area (TPSA) is 152 Å². The Labute approximate surface area is 203 Å². The first-order valence-electron chi connectivity index (χ1n) is 11.4. The first-order valence-corrected chi connectivity index (χ1v) is 12.6. The summed E-state index contributed by atoms with van der Waals surface area (Å²) in [5.74, 6) is 0.116. The summed E-state index contributed by atoms with van der Waals surface area (Å²) in [5.41, 5.74) is 7.99. The molecule has 2 amide bonds. The Bertz CT molecular complexity index is 1300. The van der Waals surface area contributed by atoms with E-state index in [0.29, 0.717) is 22.7 Å². The quantitative estimate of drug-likeness (QED) is 0.459. The minimum Gasteiger partial charge on any atom is -0.465 e. The number of aromatic nitrogens is 5. The lowest BCUT2D eigenvalue weighted by molar-refractivity contribution is -0.121. The summed E-state index contributed by atoms with van der Waals surface area (Å²) < 4.78 is 1.98. The van der Waals surface area contributed by atoms with Gasteiger partial charge in [0.15, 0.2) is 16.6 Å². The molecule has 0 radical (unpaired) electrons. The second kappa shape index (κ2) is 8.05. The average Bonchev–Trinajstić information content (AvgIpc) is 3.49.